The maximum atomic E-state index is 12.6. The first-order valence-electron chi connectivity index (χ1n) is 9.28. The number of carboxylic acid groups (broad SMARTS) is 1. The number of aliphatic carboxylic acids is 1. The van der Waals surface area contributed by atoms with E-state index in [4.69, 9.17) is 10.8 Å². The van der Waals surface area contributed by atoms with Gasteiger partial charge in [-0.25, -0.2) is 4.79 Å². The summed E-state index contributed by atoms with van der Waals surface area (Å²) in [7, 11) is 0. The fraction of sp³-hybridized carbons (Fsp3) is 0.474. The Hall–Kier alpha value is -3.02. The molecule has 1 aromatic carbocycles. The highest BCUT2D eigenvalue weighted by atomic mass is 16.4. The molecule has 11 nitrogen and oxygen atoms in total. The summed E-state index contributed by atoms with van der Waals surface area (Å²) in [6.45, 7) is 2.03. The predicted molar refractivity (Wildman–Crippen MR) is 106 cm³/mol. The Balaban J connectivity index is 2.85. The Kier molecular flexibility index (Phi) is 9.89. The van der Waals surface area contributed by atoms with Crippen LogP contribution in [-0.2, 0) is 25.6 Å². The van der Waals surface area contributed by atoms with Gasteiger partial charge in [-0.15, -0.1) is 0 Å². The van der Waals surface area contributed by atoms with Gasteiger partial charge in [0.25, 0.3) is 0 Å². The molecule has 30 heavy (non-hydrogen) atoms. The number of nitrogens with one attached hydrogen (secondary N) is 3. The number of rotatable bonds is 11. The summed E-state index contributed by atoms with van der Waals surface area (Å²) in [6.07, 6.45) is -2.43. The Bertz CT molecular complexity index is 740. The van der Waals surface area contributed by atoms with E-state index in [-0.39, 0.29) is 6.42 Å². The fourth-order valence-electron chi connectivity index (χ4n) is 2.45. The van der Waals surface area contributed by atoms with E-state index in [0.717, 1.165) is 0 Å². The van der Waals surface area contributed by atoms with E-state index in [2.05, 4.69) is 16.0 Å². The summed E-state index contributed by atoms with van der Waals surface area (Å²) < 4.78 is 0. The normalized spacial score (nSPS) is 15.8. The molecule has 5 atom stereocenters. The van der Waals surface area contributed by atoms with Crippen LogP contribution in [0.5, 0.6) is 0 Å². The van der Waals surface area contributed by atoms with Crippen molar-refractivity contribution < 1.29 is 34.5 Å². The lowest BCUT2D eigenvalue weighted by atomic mass is 10.0. The molecule has 0 spiro atoms. The van der Waals surface area contributed by atoms with Crippen molar-refractivity contribution in [1.29, 1.82) is 0 Å². The molecule has 5 unspecified atom stereocenters. The monoisotopic (exact) mass is 424 g/mol. The first kappa shape index (κ1) is 25.0. The van der Waals surface area contributed by atoms with Crippen LogP contribution in [0.1, 0.15) is 19.4 Å². The minimum Gasteiger partial charge on any atom is -0.480 e. The minimum absolute atomic E-state index is 0.0473. The first-order chi connectivity index (χ1) is 14.0. The van der Waals surface area contributed by atoms with E-state index in [9.17, 15) is 29.4 Å². The Labute approximate surface area is 173 Å². The summed E-state index contributed by atoms with van der Waals surface area (Å²) >= 11 is 0. The van der Waals surface area contributed by atoms with Crippen molar-refractivity contribution >= 4 is 23.7 Å². The van der Waals surface area contributed by atoms with Crippen molar-refractivity contribution in [1.82, 2.24) is 16.0 Å². The van der Waals surface area contributed by atoms with Gasteiger partial charge in [0.05, 0.1) is 18.8 Å². The van der Waals surface area contributed by atoms with Gasteiger partial charge >= 0.3 is 5.97 Å². The van der Waals surface area contributed by atoms with Gasteiger partial charge in [-0.3, -0.25) is 14.4 Å². The lowest BCUT2D eigenvalue weighted by molar-refractivity contribution is -0.145. The minimum atomic E-state index is -1.56. The van der Waals surface area contributed by atoms with Gasteiger partial charge < -0.3 is 37.0 Å². The third-order valence-corrected chi connectivity index (χ3v) is 4.23. The molecular formula is C19H28N4O7. The molecule has 0 aliphatic rings. The molecule has 0 aliphatic carbocycles. The van der Waals surface area contributed by atoms with E-state index in [1.54, 1.807) is 30.3 Å². The third kappa shape index (κ3) is 8.15. The second kappa shape index (κ2) is 11.9. The van der Waals surface area contributed by atoms with Gasteiger partial charge in [0.2, 0.25) is 17.7 Å². The standard InChI is InChI=1S/C19H28N4O7/c1-10(24)15(20)18(28)21-9-14(26)22-13(8-12-6-4-3-5-7-12)17(27)23-16(11(2)25)19(29)30/h3-7,10-11,13,15-16,24-25H,8-9,20H2,1-2H3,(H,21,28)(H,22,26)(H,23,27)(H,29,30). The van der Waals surface area contributed by atoms with Crippen molar-refractivity contribution in [2.24, 2.45) is 5.73 Å². The number of carbonyl (C=O) groups excluding carboxylic acids is 3. The lowest BCUT2D eigenvalue weighted by Gasteiger charge is -2.23. The number of aliphatic hydroxyl groups is 2. The third-order valence-electron chi connectivity index (χ3n) is 4.23. The van der Waals surface area contributed by atoms with Crippen LogP contribution in [0.4, 0.5) is 0 Å². The van der Waals surface area contributed by atoms with Crippen LogP contribution >= 0.6 is 0 Å². The maximum absolute atomic E-state index is 12.6. The van der Waals surface area contributed by atoms with Crippen LogP contribution in [0.2, 0.25) is 0 Å². The van der Waals surface area contributed by atoms with E-state index >= 15 is 0 Å². The summed E-state index contributed by atoms with van der Waals surface area (Å²) in [5.74, 6) is -3.71. The quantitative estimate of drug-likeness (QED) is 0.202. The van der Waals surface area contributed by atoms with E-state index in [0.29, 0.717) is 5.56 Å². The van der Waals surface area contributed by atoms with Crippen LogP contribution in [0, 0.1) is 0 Å². The van der Waals surface area contributed by atoms with E-state index < -0.39 is 60.6 Å². The molecule has 0 saturated heterocycles. The Morgan fingerprint density at radius 3 is 2.07 bits per heavy atom. The van der Waals surface area contributed by atoms with Crippen LogP contribution < -0.4 is 21.7 Å². The summed E-state index contributed by atoms with van der Waals surface area (Å²) in [5.41, 5.74) is 6.17. The summed E-state index contributed by atoms with van der Waals surface area (Å²) in [6, 6.07) is 4.74. The molecule has 3 amide bonds. The maximum Gasteiger partial charge on any atom is 0.328 e. The van der Waals surface area contributed by atoms with Gasteiger partial charge in [0.15, 0.2) is 6.04 Å². The van der Waals surface area contributed by atoms with Crippen LogP contribution in [0.3, 0.4) is 0 Å². The number of nitrogens with two attached hydrogens (primary N) is 1. The van der Waals surface area contributed by atoms with Crippen molar-refractivity contribution in [3.8, 4) is 0 Å². The summed E-state index contributed by atoms with van der Waals surface area (Å²) in [4.78, 5) is 47.8. The highest BCUT2D eigenvalue weighted by molar-refractivity contribution is 5.92. The molecule has 0 aromatic heterocycles. The van der Waals surface area contributed by atoms with E-state index in [1.165, 1.54) is 13.8 Å². The van der Waals surface area contributed by atoms with Crippen molar-refractivity contribution in [3.63, 3.8) is 0 Å². The van der Waals surface area contributed by atoms with Gasteiger partial charge in [0.1, 0.15) is 12.1 Å². The largest absolute Gasteiger partial charge is 0.480 e. The highest BCUT2D eigenvalue weighted by Gasteiger charge is 2.29. The zero-order chi connectivity index (χ0) is 22.8. The van der Waals surface area contributed by atoms with Gasteiger partial charge in [-0.2, -0.15) is 0 Å². The number of benzene rings is 1. The number of amides is 3. The number of carboxylic acids is 1. The van der Waals surface area contributed by atoms with Crippen molar-refractivity contribution in [2.75, 3.05) is 6.54 Å². The molecule has 166 valence electrons. The molecule has 0 bridgehead atoms. The van der Waals surface area contributed by atoms with Crippen molar-refractivity contribution in [2.45, 2.75) is 50.6 Å². The molecule has 0 saturated carbocycles. The zero-order valence-corrected chi connectivity index (χ0v) is 16.7. The van der Waals surface area contributed by atoms with Gasteiger partial charge in [-0.05, 0) is 19.4 Å². The average Bonchev–Trinajstić information content (AvgIpc) is 2.69. The van der Waals surface area contributed by atoms with Gasteiger partial charge in [-0.1, -0.05) is 30.3 Å². The SMILES string of the molecule is CC(O)C(N)C(=O)NCC(=O)NC(Cc1ccccc1)C(=O)NC(C(=O)O)C(C)O. The highest BCUT2D eigenvalue weighted by Crippen LogP contribution is 2.05. The fourth-order valence-corrected chi connectivity index (χ4v) is 2.45. The lowest BCUT2D eigenvalue weighted by Crippen LogP contribution is -2.56. The number of hydrogen-bond donors (Lipinski definition) is 7. The average molecular weight is 424 g/mol. The summed E-state index contributed by atoms with van der Waals surface area (Å²) in [5, 5.41) is 34.9. The molecule has 11 heteroatoms. The first-order valence-corrected chi connectivity index (χ1v) is 9.28. The Morgan fingerprint density at radius 1 is 0.967 bits per heavy atom. The predicted octanol–water partition coefficient (Wildman–Crippen LogP) is -2.51. The molecule has 0 radical (unpaired) electrons. The van der Waals surface area contributed by atoms with Crippen LogP contribution in [0.15, 0.2) is 30.3 Å². The van der Waals surface area contributed by atoms with E-state index in [1.807, 2.05) is 0 Å². The second-order valence-corrected chi connectivity index (χ2v) is 6.86. The molecule has 1 rings (SSSR count). The number of aliphatic hydroxyl groups excluding tert-OH is 2. The molecule has 8 N–H and O–H groups in total. The van der Waals surface area contributed by atoms with Crippen LogP contribution in [-0.4, -0.2) is 75.9 Å². The van der Waals surface area contributed by atoms with Crippen LogP contribution in [0.25, 0.3) is 0 Å². The molecule has 0 fully saturated rings. The van der Waals surface area contributed by atoms with Gasteiger partial charge in [0, 0.05) is 6.42 Å². The molecular weight excluding hydrogens is 396 g/mol. The molecule has 0 heterocycles. The number of carbonyl (C=O) groups is 4. The zero-order valence-electron chi connectivity index (χ0n) is 16.7. The Morgan fingerprint density at radius 2 is 1.57 bits per heavy atom. The molecule has 1 aromatic rings. The number of hydrogen-bond acceptors (Lipinski definition) is 7. The second-order valence-electron chi connectivity index (χ2n) is 6.86. The van der Waals surface area contributed by atoms with Crippen molar-refractivity contribution in [3.05, 3.63) is 35.9 Å². The topological polar surface area (TPSA) is 191 Å². The molecule has 0 aliphatic heterocycles. The smallest absolute Gasteiger partial charge is 0.328 e.